The van der Waals surface area contributed by atoms with E-state index >= 15 is 0 Å². The van der Waals surface area contributed by atoms with E-state index in [0.29, 0.717) is 16.2 Å². The fraction of sp³-hybridized carbons (Fsp3) is 0. The Hall–Kier alpha value is -1.93. The average Bonchev–Trinajstić information content (AvgIpc) is 2.65. The lowest BCUT2D eigenvalue weighted by Crippen LogP contribution is -1.95. The molecule has 0 spiro atoms. The van der Waals surface area contributed by atoms with Gasteiger partial charge in [0.2, 0.25) is 0 Å². The van der Waals surface area contributed by atoms with Gasteiger partial charge in [-0.2, -0.15) is 5.26 Å². The molecule has 0 aliphatic heterocycles. The zero-order valence-corrected chi connectivity index (χ0v) is 7.95. The Kier molecular flexibility index (Phi) is 2.13. The SMILES string of the molecule is N#Cc1ccc(-n2cc[nH]c2=S)nc1. The van der Waals surface area contributed by atoms with E-state index in [2.05, 4.69) is 9.97 Å². The summed E-state index contributed by atoms with van der Waals surface area (Å²) >= 11 is 5.03. The highest BCUT2D eigenvalue weighted by atomic mass is 32.1. The first-order valence-electron chi connectivity index (χ1n) is 3.94. The monoisotopic (exact) mass is 202 g/mol. The third-order valence-corrected chi connectivity index (χ3v) is 2.09. The van der Waals surface area contributed by atoms with Gasteiger partial charge < -0.3 is 4.98 Å². The van der Waals surface area contributed by atoms with Crippen LogP contribution in [0.2, 0.25) is 0 Å². The maximum atomic E-state index is 8.59. The normalized spacial score (nSPS) is 9.64. The summed E-state index contributed by atoms with van der Waals surface area (Å²) in [6.07, 6.45) is 5.04. The van der Waals surface area contributed by atoms with Crippen molar-refractivity contribution in [3.05, 3.63) is 41.1 Å². The minimum atomic E-state index is 0.538. The third-order valence-electron chi connectivity index (χ3n) is 1.77. The molecular formula is C9H6N4S. The molecule has 0 saturated heterocycles. The van der Waals surface area contributed by atoms with E-state index in [4.69, 9.17) is 17.5 Å². The smallest absolute Gasteiger partial charge is 0.182 e. The number of hydrogen-bond donors (Lipinski definition) is 1. The van der Waals surface area contributed by atoms with Crippen LogP contribution in [0.5, 0.6) is 0 Å². The maximum absolute atomic E-state index is 8.59. The van der Waals surface area contributed by atoms with E-state index in [1.807, 2.05) is 6.07 Å². The molecule has 0 saturated carbocycles. The van der Waals surface area contributed by atoms with E-state index in [0.717, 1.165) is 0 Å². The molecule has 1 N–H and O–H groups in total. The van der Waals surface area contributed by atoms with E-state index in [1.54, 1.807) is 29.1 Å². The van der Waals surface area contributed by atoms with Crippen LogP contribution in [0.25, 0.3) is 5.82 Å². The van der Waals surface area contributed by atoms with Gasteiger partial charge in [0.25, 0.3) is 0 Å². The number of rotatable bonds is 1. The lowest BCUT2D eigenvalue weighted by atomic mass is 10.3. The van der Waals surface area contributed by atoms with Crippen molar-refractivity contribution in [2.75, 3.05) is 0 Å². The Labute approximate surface area is 85.5 Å². The predicted molar refractivity (Wildman–Crippen MR) is 53.5 cm³/mol. The van der Waals surface area contributed by atoms with E-state index in [-0.39, 0.29) is 0 Å². The first-order valence-corrected chi connectivity index (χ1v) is 4.34. The molecule has 14 heavy (non-hydrogen) atoms. The standard InChI is InChI=1S/C9H6N4S/c10-5-7-1-2-8(12-6-7)13-4-3-11-9(13)14/h1-4,6H,(H,11,14). The minimum Gasteiger partial charge on any atom is -0.337 e. The summed E-state index contributed by atoms with van der Waals surface area (Å²) < 4.78 is 2.32. The number of hydrogen-bond acceptors (Lipinski definition) is 3. The second-order valence-corrected chi connectivity index (χ2v) is 3.04. The van der Waals surface area contributed by atoms with Crippen LogP contribution < -0.4 is 0 Å². The molecule has 0 unspecified atom stereocenters. The molecule has 0 atom stereocenters. The molecule has 5 heteroatoms. The molecule has 0 radical (unpaired) electrons. The number of nitriles is 1. The van der Waals surface area contributed by atoms with Crippen LogP contribution in [-0.4, -0.2) is 14.5 Å². The maximum Gasteiger partial charge on any atom is 0.182 e. The lowest BCUT2D eigenvalue weighted by Gasteiger charge is -1.99. The average molecular weight is 202 g/mol. The number of nitrogens with zero attached hydrogens (tertiary/aromatic N) is 3. The molecule has 2 heterocycles. The van der Waals surface area contributed by atoms with Crippen LogP contribution >= 0.6 is 12.2 Å². The lowest BCUT2D eigenvalue weighted by molar-refractivity contribution is 0.973. The minimum absolute atomic E-state index is 0.538. The van der Waals surface area contributed by atoms with Crippen molar-refractivity contribution in [2.45, 2.75) is 0 Å². The number of aromatic nitrogens is 3. The number of pyridine rings is 1. The number of nitrogens with one attached hydrogen (secondary N) is 1. The Bertz CT molecular complexity index is 529. The fourth-order valence-electron chi connectivity index (χ4n) is 1.10. The van der Waals surface area contributed by atoms with Crippen molar-refractivity contribution in [1.29, 1.82) is 5.26 Å². The molecule has 2 rings (SSSR count). The van der Waals surface area contributed by atoms with E-state index < -0.39 is 0 Å². The molecule has 0 aliphatic carbocycles. The largest absolute Gasteiger partial charge is 0.337 e. The van der Waals surface area contributed by atoms with Gasteiger partial charge in [0.15, 0.2) is 4.77 Å². The molecule has 0 fully saturated rings. The molecule has 2 aromatic rings. The fourth-order valence-corrected chi connectivity index (χ4v) is 1.32. The molecule has 4 nitrogen and oxygen atoms in total. The van der Waals surface area contributed by atoms with Gasteiger partial charge in [0.05, 0.1) is 5.56 Å². The summed E-state index contributed by atoms with van der Waals surface area (Å²) in [4.78, 5) is 6.98. The van der Waals surface area contributed by atoms with Crippen molar-refractivity contribution in [3.8, 4) is 11.9 Å². The third kappa shape index (κ3) is 1.43. The summed E-state index contributed by atoms with van der Waals surface area (Å²) in [6.45, 7) is 0. The van der Waals surface area contributed by atoms with Gasteiger partial charge in [0.1, 0.15) is 11.9 Å². The Morgan fingerprint density at radius 3 is 2.86 bits per heavy atom. The van der Waals surface area contributed by atoms with E-state index in [9.17, 15) is 0 Å². The summed E-state index contributed by atoms with van der Waals surface area (Å²) in [7, 11) is 0. The molecule has 68 valence electrons. The molecule has 2 aromatic heterocycles. The first kappa shape index (κ1) is 8.66. The van der Waals surface area contributed by atoms with Gasteiger partial charge in [0, 0.05) is 18.6 Å². The molecular weight excluding hydrogens is 196 g/mol. The van der Waals surface area contributed by atoms with Crippen LogP contribution in [-0.2, 0) is 0 Å². The van der Waals surface area contributed by atoms with Gasteiger partial charge in [-0.3, -0.25) is 4.57 Å². The summed E-state index contributed by atoms with van der Waals surface area (Å²) in [5.41, 5.74) is 0.538. The van der Waals surface area contributed by atoms with Crippen molar-refractivity contribution in [2.24, 2.45) is 0 Å². The summed E-state index contributed by atoms with van der Waals surface area (Å²) in [5.74, 6) is 0.704. The number of imidazole rings is 1. The van der Waals surface area contributed by atoms with Crippen LogP contribution in [0.1, 0.15) is 5.56 Å². The van der Waals surface area contributed by atoms with Gasteiger partial charge >= 0.3 is 0 Å². The molecule has 0 aromatic carbocycles. The topological polar surface area (TPSA) is 57.4 Å². The zero-order valence-electron chi connectivity index (χ0n) is 7.14. The van der Waals surface area contributed by atoms with Crippen LogP contribution in [0.4, 0.5) is 0 Å². The zero-order chi connectivity index (χ0) is 9.97. The molecule has 0 bridgehead atoms. The highest BCUT2D eigenvalue weighted by Crippen LogP contribution is 2.05. The molecule has 0 amide bonds. The van der Waals surface area contributed by atoms with Crippen molar-refractivity contribution < 1.29 is 0 Å². The summed E-state index contributed by atoms with van der Waals surface area (Å²) in [6, 6.07) is 5.47. The Morgan fingerprint density at radius 2 is 2.36 bits per heavy atom. The highest BCUT2D eigenvalue weighted by Gasteiger charge is 1.98. The Balaban J connectivity index is 2.50. The van der Waals surface area contributed by atoms with Gasteiger partial charge in [-0.25, -0.2) is 4.98 Å². The van der Waals surface area contributed by atoms with Crippen LogP contribution in [0.15, 0.2) is 30.7 Å². The van der Waals surface area contributed by atoms with Crippen molar-refractivity contribution in [3.63, 3.8) is 0 Å². The summed E-state index contributed by atoms with van der Waals surface area (Å²) in [5, 5.41) is 8.59. The van der Waals surface area contributed by atoms with Gasteiger partial charge in [-0.15, -0.1) is 0 Å². The highest BCUT2D eigenvalue weighted by molar-refractivity contribution is 7.71. The molecule has 0 aliphatic rings. The number of aromatic amines is 1. The number of H-pyrrole nitrogens is 1. The van der Waals surface area contributed by atoms with E-state index in [1.165, 1.54) is 6.20 Å². The van der Waals surface area contributed by atoms with Crippen LogP contribution in [0.3, 0.4) is 0 Å². The predicted octanol–water partition coefficient (Wildman–Crippen LogP) is 1.80. The van der Waals surface area contributed by atoms with Gasteiger partial charge in [-0.05, 0) is 24.4 Å². The Morgan fingerprint density at radius 1 is 1.50 bits per heavy atom. The van der Waals surface area contributed by atoms with Gasteiger partial charge in [-0.1, -0.05) is 0 Å². The van der Waals surface area contributed by atoms with Crippen molar-refractivity contribution >= 4 is 12.2 Å². The second kappa shape index (κ2) is 3.44. The van der Waals surface area contributed by atoms with Crippen LogP contribution in [0, 0.1) is 16.1 Å². The first-order chi connectivity index (χ1) is 6.81. The quantitative estimate of drug-likeness (QED) is 0.717. The van der Waals surface area contributed by atoms with Crippen molar-refractivity contribution in [1.82, 2.24) is 14.5 Å². The second-order valence-electron chi connectivity index (χ2n) is 2.65.